The highest BCUT2D eigenvalue weighted by Crippen LogP contribution is 2.33. The van der Waals surface area contributed by atoms with Gasteiger partial charge in [0, 0.05) is 69.8 Å². The van der Waals surface area contributed by atoms with Crippen molar-refractivity contribution in [3.05, 3.63) is 264 Å². The first kappa shape index (κ1) is 81.3. The maximum absolute atomic E-state index is 13.3. The summed E-state index contributed by atoms with van der Waals surface area (Å²) in [5, 5.41) is 12.4. The summed E-state index contributed by atoms with van der Waals surface area (Å²) in [5.41, 5.74) is 34.1. The first-order valence-corrected chi connectivity index (χ1v) is 35.7. The van der Waals surface area contributed by atoms with Crippen LogP contribution in [0, 0.1) is 31.4 Å². The molecule has 0 atom stereocenters. The fraction of sp³-hybridized carbons (Fsp3) is 0.200. The van der Waals surface area contributed by atoms with E-state index in [1.807, 2.05) is 110 Å². The summed E-state index contributed by atoms with van der Waals surface area (Å²) < 4.78 is 49.2. The number of para-hydroxylation sites is 1. The standard InChI is InChI=1S/C23H26N4O2.C22H24N4O2.2C20H19FN4O2/c1-3-16(4-2)15-29-21-11-10-17(14-19(21)22(24)28)20-12-13-25-23(27-20)26-18-8-6-5-7-9-18;1-13(2)28-20-6-5-16(12-18(20)21(23)27)19-7-8-24-22(26-19)25-17-10-14(3)9-15(4)11-17;1-12(2)27-18-8-3-13(11-16(18)19(22)26)17-9-10-23-20(25-17)24-15-6-4-14(21)5-7-15;1-12(2)27-18-7-6-13(10-16(18)19(22)26)17-8-9-23-20(25-17)24-15-5-3-4-14(21)11-15/h5-14,16H,3-4,15H2,1-2H3,(H2,24,28)(H,25,26,27);5-13H,1-4H3,(H2,23,27)(H,24,25,26);2*3-12H,1-2H3,(H2,22,26)(H,23,24,25). The van der Waals surface area contributed by atoms with Crippen LogP contribution in [0.4, 0.5) is 55.3 Å². The molecule has 4 aromatic heterocycles. The van der Waals surface area contributed by atoms with Crippen LogP contribution in [-0.4, -0.2) is 88.4 Å². The number of carbonyl (C=O) groups excluding carboxylic acids is 4. The zero-order valence-electron chi connectivity index (χ0n) is 63.1. The third kappa shape index (κ3) is 24.4. The molecule has 8 aromatic carbocycles. The number of benzene rings is 8. The van der Waals surface area contributed by atoms with Gasteiger partial charge >= 0.3 is 0 Å². The lowest BCUT2D eigenvalue weighted by molar-refractivity contribution is 0.0985. The van der Waals surface area contributed by atoms with Crippen molar-refractivity contribution in [2.24, 2.45) is 28.9 Å². The van der Waals surface area contributed by atoms with Gasteiger partial charge in [-0.15, -0.1) is 0 Å². The van der Waals surface area contributed by atoms with Gasteiger partial charge in [-0.05, 0) is 236 Å². The number of amides is 4. The molecule has 0 radical (unpaired) electrons. The van der Waals surface area contributed by atoms with Crippen LogP contribution in [-0.2, 0) is 0 Å². The Bertz CT molecular complexity index is 5170. The quantitative estimate of drug-likeness (QED) is 0.0237. The van der Waals surface area contributed by atoms with Crippen LogP contribution in [0.1, 0.15) is 121 Å². The number of nitrogens with zero attached hydrogens (tertiary/aromatic N) is 8. The number of rotatable bonds is 27. The van der Waals surface area contributed by atoms with Crippen molar-refractivity contribution in [1.82, 2.24) is 39.9 Å². The normalized spacial score (nSPS) is 10.7. The minimum atomic E-state index is -0.584. The Hall–Kier alpha value is -13.8. The van der Waals surface area contributed by atoms with Crippen LogP contribution in [0.3, 0.4) is 0 Å². The number of carbonyl (C=O) groups is 4. The van der Waals surface area contributed by atoms with Crippen LogP contribution in [0.5, 0.6) is 23.0 Å². The molecule has 26 heteroatoms. The predicted molar refractivity (Wildman–Crippen MR) is 429 cm³/mol. The molecule has 12 rings (SSSR count). The van der Waals surface area contributed by atoms with Crippen molar-refractivity contribution in [3.63, 3.8) is 0 Å². The average molecular weight is 1500 g/mol. The molecule has 0 aliphatic heterocycles. The lowest BCUT2D eigenvalue weighted by atomic mass is 10.0. The van der Waals surface area contributed by atoms with E-state index in [1.54, 1.807) is 134 Å². The van der Waals surface area contributed by atoms with Gasteiger partial charge in [0.2, 0.25) is 23.8 Å². The second kappa shape index (κ2) is 39.2. The number of halogens is 2. The summed E-state index contributed by atoms with van der Waals surface area (Å²) in [6, 6.07) is 55.7. The van der Waals surface area contributed by atoms with Gasteiger partial charge in [-0.25, -0.2) is 48.7 Å². The third-order valence-electron chi connectivity index (χ3n) is 16.2. The molecule has 4 heterocycles. The van der Waals surface area contributed by atoms with Crippen LogP contribution in [0.15, 0.2) is 219 Å². The molecule has 0 aliphatic rings. The summed E-state index contributed by atoms with van der Waals surface area (Å²) in [6.45, 7) is 20.2. The van der Waals surface area contributed by atoms with Crippen LogP contribution >= 0.6 is 0 Å². The maximum atomic E-state index is 13.3. The number of ether oxygens (including phenoxy) is 4. The molecule has 0 saturated heterocycles. The molecule has 570 valence electrons. The number of hydrogen-bond donors (Lipinski definition) is 8. The van der Waals surface area contributed by atoms with E-state index in [0.717, 1.165) is 46.5 Å². The number of anilines is 8. The molecular formula is C85H88F2N16O8. The molecule has 0 unspecified atom stereocenters. The fourth-order valence-electron chi connectivity index (χ4n) is 11.0. The van der Waals surface area contributed by atoms with Crippen molar-refractivity contribution in [1.29, 1.82) is 0 Å². The Morgan fingerprint density at radius 3 is 1.05 bits per heavy atom. The maximum Gasteiger partial charge on any atom is 0.252 e. The molecule has 0 saturated carbocycles. The van der Waals surface area contributed by atoms with Crippen molar-refractivity contribution in [2.75, 3.05) is 27.9 Å². The number of aryl methyl sites for hydroxylation is 2. The van der Waals surface area contributed by atoms with E-state index in [9.17, 15) is 28.0 Å². The third-order valence-corrected chi connectivity index (χ3v) is 16.2. The van der Waals surface area contributed by atoms with Crippen LogP contribution < -0.4 is 63.1 Å². The molecule has 111 heavy (non-hydrogen) atoms. The van der Waals surface area contributed by atoms with Gasteiger partial charge in [0.25, 0.3) is 23.6 Å². The molecule has 4 amide bonds. The van der Waals surface area contributed by atoms with E-state index in [2.05, 4.69) is 81.1 Å². The van der Waals surface area contributed by atoms with Gasteiger partial charge in [-0.1, -0.05) is 57.0 Å². The summed E-state index contributed by atoms with van der Waals surface area (Å²) in [5.74, 6) is 0.975. The Morgan fingerprint density at radius 2 is 0.694 bits per heavy atom. The largest absolute Gasteiger partial charge is 0.492 e. The molecule has 24 nitrogen and oxygen atoms in total. The molecule has 12 N–H and O–H groups in total. The van der Waals surface area contributed by atoms with Crippen molar-refractivity contribution < 1.29 is 46.9 Å². The molecule has 12 aromatic rings. The first-order valence-electron chi connectivity index (χ1n) is 35.7. The van der Waals surface area contributed by atoms with Crippen molar-refractivity contribution >= 4 is 70.2 Å². The lowest BCUT2D eigenvalue weighted by Gasteiger charge is -2.16. The average Bonchev–Trinajstić information content (AvgIpc) is 0.830. The number of aromatic nitrogens is 8. The highest BCUT2D eigenvalue weighted by Gasteiger charge is 2.20. The minimum Gasteiger partial charge on any atom is -0.492 e. The number of primary amides is 4. The molecule has 0 fully saturated rings. The van der Waals surface area contributed by atoms with E-state index in [-0.39, 0.29) is 41.1 Å². The number of nitrogens with one attached hydrogen (secondary N) is 4. The smallest absolute Gasteiger partial charge is 0.252 e. The monoisotopic (exact) mass is 1500 g/mol. The predicted octanol–water partition coefficient (Wildman–Crippen LogP) is 17.0. The summed E-state index contributed by atoms with van der Waals surface area (Å²) in [4.78, 5) is 82.3. The highest BCUT2D eigenvalue weighted by atomic mass is 19.1. The molecular weight excluding hydrogens is 1410 g/mol. The van der Waals surface area contributed by atoms with E-state index < -0.39 is 23.6 Å². The van der Waals surface area contributed by atoms with E-state index in [1.165, 1.54) is 24.3 Å². The zero-order chi connectivity index (χ0) is 79.7. The van der Waals surface area contributed by atoms with E-state index >= 15 is 0 Å². The second-order valence-electron chi connectivity index (χ2n) is 26.1. The molecule has 0 bridgehead atoms. The van der Waals surface area contributed by atoms with Gasteiger partial charge in [-0.2, -0.15) is 0 Å². The van der Waals surface area contributed by atoms with Crippen LogP contribution in [0.25, 0.3) is 45.0 Å². The second-order valence-corrected chi connectivity index (χ2v) is 26.1. The first-order chi connectivity index (χ1) is 53.3. The zero-order valence-corrected chi connectivity index (χ0v) is 63.1. The van der Waals surface area contributed by atoms with Crippen molar-refractivity contribution in [3.8, 4) is 68.0 Å². The van der Waals surface area contributed by atoms with Gasteiger partial charge in [0.15, 0.2) is 0 Å². The van der Waals surface area contributed by atoms with Gasteiger partial charge < -0.3 is 63.1 Å². The summed E-state index contributed by atoms with van der Waals surface area (Å²) >= 11 is 0. The van der Waals surface area contributed by atoms with Gasteiger partial charge in [0.05, 0.1) is 69.9 Å². The Balaban J connectivity index is 0.000000170. The minimum absolute atomic E-state index is 0.0587. The van der Waals surface area contributed by atoms with Crippen LogP contribution in [0.2, 0.25) is 0 Å². The van der Waals surface area contributed by atoms with Gasteiger partial charge in [0.1, 0.15) is 34.6 Å². The Labute approximate surface area is 642 Å². The topological polar surface area (TPSA) is 361 Å². The number of nitrogens with two attached hydrogens (primary N) is 4. The fourth-order valence-corrected chi connectivity index (χ4v) is 11.0. The van der Waals surface area contributed by atoms with Gasteiger partial charge in [-0.3, -0.25) is 19.2 Å². The summed E-state index contributed by atoms with van der Waals surface area (Å²) in [6.07, 6.45) is 8.34. The lowest BCUT2D eigenvalue weighted by Crippen LogP contribution is -2.16. The Morgan fingerprint density at radius 1 is 0.360 bits per heavy atom. The van der Waals surface area contributed by atoms with Crippen molar-refractivity contribution in [2.45, 2.75) is 100 Å². The Kier molecular flexibility index (Phi) is 28.7. The molecule has 0 spiro atoms. The highest BCUT2D eigenvalue weighted by molar-refractivity contribution is 5.99. The SMILES string of the molecule is CC(C)Oc1ccc(-c2ccnc(Nc3ccc(F)cc3)n2)cc1C(N)=O.CC(C)Oc1ccc(-c2ccnc(Nc3cccc(F)c3)n2)cc1C(N)=O.CCC(CC)COc1ccc(-c2ccnc(Nc3ccccc3)n2)cc1C(N)=O.Cc1cc(C)cc(Nc2nccc(-c3ccc(OC(C)C)c(C(N)=O)c3)n2)c1. The number of hydrogen-bond acceptors (Lipinski definition) is 20. The van der Waals surface area contributed by atoms with E-state index in [4.69, 9.17) is 41.9 Å². The van der Waals surface area contributed by atoms with E-state index in [0.29, 0.717) is 116 Å². The summed E-state index contributed by atoms with van der Waals surface area (Å²) in [7, 11) is 0. The molecule has 0 aliphatic carbocycles.